The summed E-state index contributed by atoms with van der Waals surface area (Å²) in [4.78, 5) is 23.5. The predicted octanol–water partition coefficient (Wildman–Crippen LogP) is 2.31. The van der Waals surface area contributed by atoms with Crippen molar-refractivity contribution in [3.05, 3.63) is 53.7 Å². The number of nitrogen functional groups attached to an aromatic ring is 1. The summed E-state index contributed by atoms with van der Waals surface area (Å²) < 4.78 is 1.96. The second-order valence-electron chi connectivity index (χ2n) is 8.34. The van der Waals surface area contributed by atoms with E-state index in [9.17, 15) is 5.11 Å². The van der Waals surface area contributed by atoms with Gasteiger partial charge in [0, 0.05) is 32.1 Å². The Morgan fingerprint density at radius 3 is 2.68 bits per heavy atom. The molecule has 0 aliphatic heterocycles. The maximum Gasteiger partial charge on any atom is 0.152 e. The number of nitrogens with zero attached hydrogens (tertiary/aromatic N) is 6. The van der Waals surface area contributed by atoms with Crippen molar-refractivity contribution in [3.63, 3.8) is 0 Å². The van der Waals surface area contributed by atoms with Gasteiger partial charge >= 0.3 is 0 Å². The summed E-state index contributed by atoms with van der Waals surface area (Å²) in [6.07, 6.45) is 6.13. The standard InChI is InChI=1S/C22H27N7O2/c1-22(2,30)13-29-17(12-28(3)31-4)27-19-20(29)18-16(26-21(19)23)9-15(11-25-18)8-14-6-5-7-24-10-14/h5-7,9-11,30H,8,12-13H2,1-4H3,(H2,23,26). The van der Waals surface area contributed by atoms with Crippen LogP contribution in [0.3, 0.4) is 0 Å². The van der Waals surface area contributed by atoms with Crippen molar-refractivity contribution in [2.75, 3.05) is 19.9 Å². The molecule has 4 rings (SSSR count). The third kappa shape index (κ3) is 4.48. The normalized spacial score (nSPS) is 12.3. The van der Waals surface area contributed by atoms with Gasteiger partial charge in [-0.3, -0.25) is 9.97 Å². The van der Waals surface area contributed by atoms with E-state index in [0.29, 0.717) is 47.7 Å². The molecule has 4 aromatic rings. The second kappa shape index (κ2) is 8.18. The van der Waals surface area contributed by atoms with Gasteiger partial charge in [0.05, 0.1) is 31.3 Å². The molecule has 0 unspecified atom stereocenters. The average Bonchev–Trinajstić information content (AvgIpc) is 3.06. The van der Waals surface area contributed by atoms with Gasteiger partial charge in [0.1, 0.15) is 22.4 Å². The van der Waals surface area contributed by atoms with Crippen LogP contribution in [0.5, 0.6) is 0 Å². The lowest BCUT2D eigenvalue weighted by Gasteiger charge is -2.22. The first-order valence-electron chi connectivity index (χ1n) is 10.0. The maximum absolute atomic E-state index is 10.5. The zero-order valence-electron chi connectivity index (χ0n) is 18.2. The van der Waals surface area contributed by atoms with Gasteiger partial charge in [-0.1, -0.05) is 6.07 Å². The van der Waals surface area contributed by atoms with Gasteiger partial charge in [0.2, 0.25) is 0 Å². The lowest BCUT2D eigenvalue weighted by Crippen LogP contribution is -2.28. The topological polar surface area (TPSA) is 115 Å². The van der Waals surface area contributed by atoms with E-state index >= 15 is 0 Å². The van der Waals surface area contributed by atoms with Crippen LogP contribution < -0.4 is 5.73 Å². The van der Waals surface area contributed by atoms with Crippen LogP contribution in [-0.4, -0.2) is 54.4 Å². The quantitative estimate of drug-likeness (QED) is 0.437. The first kappa shape index (κ1) is 21.1. The van der Waals surface area contributed by atoms with Crippen molar-refractivity contribution < 1.29 is 9.94 Å². The highest BCUT2D eigenvalue weighted by molar-refractivity contribution is 6.04. The predicted molar refractivity (Wildman–Crippen MR) is 119 cm³/mol. The fourth-order valence-corrected chi connectivity index (χ4v) is 3.64. The van der Waals surface area contributed by atoms with E-state index in [-0.39, 0.29) is 0 Å². The van der Waals surface area contributed by atoms with Crippen LogP contribution >= 0.6 is 0 Å². The molecular weight excluding hydrogens is 394 g/mol. The number of rotatable bonds is 7. The van der Waals surface area contributed by atoms with Crippen molar-refractivity contribution >= 4 is 27.9 Å². The SMILES string of the molecule is CON(C)Cc1nc2c(N)nc3cc(Cc4cccnc4)cnc3c2n1CC(C)(C)O. The summed E-state index contributed by atoms with van der Waals surface area (Å²) in [6.45, 7) is 4.26. The number of fused-ring (bicyclic) bond motifs is 3. The molecule has 0 atom stereocenters. The Bertz CT molecular complexity index is 1220. The second-order valence-corrected chi connectivity index (χ2v) is 8.34. The minimum Gasteiger partial charge on any atom is -0.389 e. The fourth-order valence-electron chi connectivity index (χ4n) is 3.64. The molecule has 0 aliphatic rings. The summed E-state index contributed by atoms with van der Waals surface area (Å²) in [5, 5.41) is 12.2. The third-order valence-electron chi connectivity index (χ3n) is 5.03. The van der Waals surface area contributed by atoms with E-state index in [1.807, 2.05) is 42.2 Å². The molecule has 0 fully saturated rings. The van der Waals surface area contributed by atoms with E-state index in [1.165, 1.54) is 0 Å². The van der Waals surface area contributed by atoms with Gasteiger partial charge in [-0.25, -0.2) is 9.97 Å². The van der Waals surface area contributed by atoms with E-state index < -0.39 is 5.60 Å². The Morgan fingerprint density at radius 1 is 1.19 bits per heavy atom. The Labute approximate surface area is 180 Å². The van der Waals surface area contributed by atoms with Gasteiger partial charge in [0.15, 0.2) is 5.82 Å². The average molecular weight is 422 g/mol. The molecule has 9 nitrogen and oxygen atoms in total. The molecule has 9 heteroatoms. The zero-order chi connectivity index (χ0) is 22.2. The lowest BCUT2D eigenvalue weighted by atomic mass is 10.1. The number of hydrogen-bond donors (Lipinski definition) is 2. The number of aliphatic hydroxyl groups is 1. The van der Waals surface area contributed by atoms with Crippen molar-refractivity contribution in [2.24, 2.45) is 0 Å². The number of imidazole rings is 1. The molecule has 31 heavy (non-hydrogen) atoms. The van der Waals surface area contributed by atoms with E-state index in [4.69, 9.17) is 20.5 Å². The Balaban J connectivity index is 1.88. The van der Waals surface area contributed by atoms with Crippen LogP contribution in [0.1, 0.15) is 30.8 Å². The minimum absolute atomic E-state index is 0.327. The molecule has 4 heterocycles. The number of nitrogens with two attached hydrogens (primary N) is 1. The molecule has 0 aromatic carbocycles. The lowest BCUT2D eigenvalue weighted by molar-refractivity contribution is -0.118. The molecule has 162 valence electrons. The first-order chi connectivity index (χ1) is 14.7. The van der Waals surface area contributed by atoms with Crippen molar-refractivity contribution in [3.8, 4) is 0 Å². The summed E-state index contributed by atoms with van der Waals surface area (Å²) in [5.41, 5.74) is 10.2. The smallest absolute Gasteiger partial charge is 0.152 e. The summed E-state index contributed by atoms with van der Waals surface area (Å²) >= 11 is 0. The number of pyridine rings is 3. The minimum atomic E-state index is -0.960. The number of hydrogen-bond acceptors (Lipinski definition) is 8. The Hall–Kier alpha value is -3.14. The van der Waals surface area contributed by atoms with Crippen molar-refractivity contribution in [1.29, 1.82) is 0 Å². The molecule has 0 amide bonds. The van der Waals surface area contributed by atoms with Crippen molar-refractivity contribution in [1.82, 2.24) is 29.6 Å². The van der Waals surface area contributed by atoms with E-state index in [1.54, 1.807) is 32.2 Å². The van der Waals surface area contributed by atoms with Gasteiger partial charge < -0.3 is 20.2 Å². The van der Waals surface area contributed by atoms with E-state index in [2.05, 4.69) is 9.97 Å². The molecule has 0 spiro atoms. The zero-order valence-corrected chi connectivity index (χ0v) is 18.2. The van der Waals surface area contributed by atoms with Gasteiger partial charge in [-0.15, -0.1) is 0 Å². The third-order valence-corrected chi connectivity index (χ3v) is 5.03. The molecule has 0 saturated heterocycles. The van der Waals surface area contributed by atoms with Crippen LogP contribution in [0.25, 0.3) is 22.1 Å². The summed E-state index contributed by atoms with van der Waals surface area (Å²) in [6, 6.07) is 5.93. The fraction of sp³-hybridized carbons (Fsp3) is 0.364. The van der Waals surface area contributed by atoms with Crippen LogP contribution in [0.15, 0.2) is 36.8 Å². The monoisotopic (exact) mass is 421 g/mol. The highest BCUT2D eigenvalue weighted by Crippen LogP contribution is 2.30. The molecular formula is C22H27N7O2. The molecule has 0 radical (unpaired) electrons. The molecule has 0 bridgehead atoms. The highest BCUT2D eigenvalue weighted by Gasteiger charge is 2.23. The highest BCUT2D eigenvalue weighted by atomic mass is 16.7. The number of anilines is 1. The summed E-state index contributed by atoms with van der Waals surface area (Å²) in [5.74, 6) is 1.04. The van der Waals surface area contributed by atoms with Crippen LogP contribution in [0, 0.1) is 0 Å². The molecule has 3 N–H and O–H groups in total. The van der Waals surface area contributed by atoms with Crippen LogP contribution in [-0.2, 0) is 24.3 Å². The number of aromatic nitrogens is 5. The van der Waals surface area contributed by atoms with Gasteiger partial charge in [-0.2, -0.15) is 5.06 Å². The molecule has 0 saturated carbocycles. The maximum atomic E-state index is 10.5. The summed E-state index contributed by atoms with van der Waals surface area (Å²) in [7, 11) is 3.41. The van der Waals surface area contributed by atoms with Crippen LogP contribution in [0.2, 0.25) is 0 Å². The molecule has 4 aromatic heterocycles. The Morgan fingerprint density at radius 2 is 2.00 bits per heavy atom. The first-order valence-corrected chi connectivity index (χ1v) is 10.0. The van der Waals surface area contributed by atoms with E-state index in [0.717, 1.165) is 16.6 Å². The van der Waals surface area contributed by atoms with Crippen molar-refractivity contribution in [2.45, 2.75) is 39.0 Å². The van der Waals surface area contributed by atoms with Gasteiger partial charge in [0.25, 0.3) is 0 Å². The largest absolute Gasteiger partial charge is 0.389 e. The van der Waals surface area contributed by atoms with Crippen LogP contribution in [0.4, 0.5) is 5.82 Å². The number of hydroxylamine groups is 2. The molecule has 0 aliphatic carbocycles. The Kier molecular flexibility index (Phi) is 5.57. The van der Waals surface area contributed by atoms with Gasteiger partial charge in [-0.05, 0) is 37.1 Å².